The fourth-order valence-corrected chi connectivity index (χ4v) is 5.34. The van der Waals surface area contributed by atoms with Crippen molar-refractivity contribution in [2.45, 2.75) is 57.9 Å². The Labute approximate surface area is 240 Å². The lowest BCUT2D eigenvalue weighted by atomic mass is 10.0. The molecule has 3 aromatic rings. The molecule has 0 aliphatic carbocycles. The first-order chi connectivity index (χ1) is 19.9. The van der Waals surface area contributed by atoms with Gasteiger partial charge < -0.3 is 29.2 Å². The van der Waals surface area contributed by atoms with E-state index in [0.717, 1.165) is 29.8 Å². The second-order valence-corrected chi connectivity index (χ2v) is 10.7. The third-order valence-electron chi connectivity index (χ3n) is 7.45. The number of carbonyl (C=O) groups is 2. The quantitative estimate of drug-likeness (QED) is 0.487. The summed E-state index contributed by atoms with van der Waals surface area (Å²) in [6.45, 7) is 4.34. The predicted octanol–water partition coefficient (Wildman–Crippen LogP) is 3.21. The number of benzene rings is 2. The SMILES string of the molecule is Cc1nc(CN2CC[C@@H]3OCc4cccc(c4)Oc4ccc(cc4)CCC(=O)N(CCCO)CC(=O)N[C@H]3C2)co1. The second kappa shape index (κ2) is 13.8. The number of oxazole rings is 1. The Hall–Kier alpha value is -3.73. The van der Waals surface area contributed by atoms with E-state index in [4.69, 9.17) is 13.9 Å². The van der Waals surface area contributed by atoms with Crippen LogP contribution in [0.2, 0.25) is 0 Å². The first kappa shape index (κ1) is 28.8. The fourth-order valence-electron chi connectivity index (χ4n) is 5.34. The molecule has 0 saturated carbocycles. The van der Waals surface area contributed by atoms with Crippen LogP contribution in [0.15, 0.2) is 59.2 Å². The minimum atomic E-state index is -0.282. The number of piperidine rings is 1. The molecular weight excluding hydrogens is 524 g/mol. The zero-order chi connectivity index (χ0) is 28.6. The van der Waals surface area contributed by atoms with Crippen molar-refractivity contribution >= 4 is 11.8 Å². The highest BCUT2D eigenvalue weighted by molar-refractivity contribution is 5.85. The molecule has 2 aromatic carbocycles. The number of likely N-dealkylation sites (tertiary alicyclic amines) is 1. The molecule has 4 bridgehead atoms. The van der Waals surface area contributed by atoms with E-state index in [9.17, 15) is 14.7 Å². The maximum atomic E-state index is 13.3. The van der Waals surface area contributed by atoms with Gasteiger partial charge in [-0.1, -0.05) is 24.3 Å². The van der Waals surface area contributed by atoms with Gasteiger partial charge >= 0.3 is 0 Å². The maximum absolute atomic E-state index is 13.3. The van der Waals surface area contributed by atoms with Crippen molar-refractivity contribution in [2.24, 2.45) is 0 Å². The normalized spacial score (nSPS) is 20.9. The smallest absolute Gasteiger partial charge is 0.239 e. The molecule has 1 aromatic heterocycles. The summed E-state index contributed by atoms with van der Waals surface area (Å²) in [4.78, 5) is 34.7. The van der Waals surface area contributed by atoms with Crippen LogP contribution in [0.25, 0.3) is 0 Å². The lowest BCUT2D eigenvalue weighted by molar-refractivity contribution is -0.137. The highest BCUT2D eigenvalue weighted by Gasteiger charge is 2.32. The Kier molecular flexibility index (Phi) is 9.66. The van der Waals surface area contributed by atoms with Gasteiger partial charge in [-0.3, -0.25) is 14.5 Å². The molecule has 218 valence electrons. The van der Waals surface area contributed by atoms with Crippen LogP contribution in [-0.2, 0) is 33.9 Å². The number of aliphatic hydroxyl groups is 1. The van der Waals surface area contributed by atoms with Gasteiger partial charge in [0.05, 0.1) is 31.0 Å². The van der Waals surface area contributed by atoms with Crippen molar-refractivity contribution < 1.29 is 28.6 Å². The van der Waals surface area contributed by atoms with Gasteiger partial charge in [-0.25, -0.2) is 4.98 Å². The van der Waals surface area contributed by atoms with Crippen molar-refractivity contribution in [1.82, 2.24) is 20.1 Å². The Morgan fingerprint density at radius 3 is 2.71 bits per heavy atom. The second-order valence-electron chi connectivity index (χ2n) is 10.7. The number of nitrogens with one attached hydrogen (secondary N) is 1. The monoisotopic (exact) mass is 562 g/mol. The fraction of sp³-hybridized carbons (Fsp3) is 0.452. The van der Waals surface area contributed by atoms with Gasteiger partial charge in [0.1, 0.15) is 17.8 Å². The molecule has 3 aliphatic rings. The summed E-state index contributed by atoms with van der Waals surface area (Å²) in [5.41, 5.74) is 2.82. The van der Waals surface area contributed by atoms with Gasteiger partial charge in [0.25, 0.3) is 0 Å². The van der Waals surface area contributed by atoms with E-state index in [1.807, 2.05) is 55.5 Å². The third kappa shape index (κ3) is 8.16. The Morgan fingerprint density at radius 1 is 1.07 bits per heavy atom. The average Bonchev–Trinajstić information content (AvgIpc) is 3.38. The first-order valence-electron chi connectivity index (χ1n) is 14.2. The predicted molar refractivity (Wildman–Crippen MR) is 151 cm³/mol. The summed E-state index contributed by atoms with van der Waals surface area (Å²) < 4.78 is 17.8. The van der Waals surface area contributed by atoms with Crippen LogP contribution >= 0.6 is 0 Å². The molecular formula is C31H38N4O6. The van der Waals surface area contributed by atoms with Crippen LogP contribution in [0, 0.1) is 6.92 Å². The maximum Gasteiger partial charge on any atom is 0.239 e. The van der Waals surface area contributed by atoms with Gasteiger partial charge in [0.2, 0.25) is 11.8 Å². The molecule has 41 heavy (non-hydrogen) atoms. The van der Waals surface area contributed by atoms with E-state index >= 15 is 0 Å². The number of nitrogens with zero attached hydrogens (tertiary/aromatic N) is 3. The summed E-state index contributed by atoms with van der Waals surface area (Å²) in [5, 5.41) is 12.5. The molecule has 10 heteroatoms. The summed E-state index contributed by atoms with van der Waals surface area (Å²) in [6.07, 6.45) is 3.38. The van der Waals surface area contributed by atoms with Gasteiger partial charge in [-0.15, -0.1) is 0 Å². The third-order valence-corrected chi connectivity index (χ3v) is 7.45. The molecule has 0 unspecified atom stereocenters. The number of hydrogen-bond donors (Lipinski definition) is 2. The van der Waals surface area contributed by atoms with Gasteiger partial charge in [-0.05, 0) is 54.7 Å². The van der Waals surface area contributed by atoms with E-state index in [1.54, 1.807) is 6.26 Å². The van der Waals surface area contributed by atoms with Crippen LogP contribution in [0.3, 0.4) is 0 Å². The Bertz CT molecular complexity index is 1310. The number of aliphatic hydroxyl groups excluding tert-OH is 1. The topological polar surface area (TPSA) is 117 Å². The molecule has 2 N–H and O–H groups in total. The molecule has 0 spiro atoms. The van der Waals surface area contributed by atoms with Crippen LogP contribution in [-0.4, -0.2) is 76.6 Å². The molecule has 1 saturated heterocycles. The molecule has 3 aliphatic heterocycles. The van der Waals surface area contributed by atoms with E-state index < -0.39 is 0 Å². The number of ether oxygens (including phenoxy) is 2. The van der Waals surface area contributed by atoms with Crippen molar-refractivity contribution in [1.29, 1.82) is 0 Å². The lowest BCUT2D eigenvalue weighted by Crippen LogP contribution is -2.57. The van der Waals surface area contributed by atoms with E-state index in [2.05, 4.69) is 15.2 Å². The summed E-state index contributed by atoms with van der Waals surface area (Å²) in [6, 6.07) is 15.2. The molecule has 4 heterocycles. The summed E-state index contributed by atoms with van der Waals surface area (Å²) in [7, 11) is 0. The Balaban J connectivity index is 1.36. The van der Waals surface area contributed by atoms with Crippen LogP contribution in [0.1, 0.15) is 42.0 Å². The minimum absolute atomic E-state index is 0.0530. The zero-order valence-corrected chi connectivity index (χ0v) is 23.5. The van der Waals surface area contributed by atoms with Crippen molar-refractivity contribution in [3.8, 4) is 11.5 Å². The van der Waals surface area contributed by atoms with E-state index in [0.29, 0.717) is 56.5 Å². The molecule has 10 nitrogen and oxygen atoms in total. The van der Waals surface area contributed by atoms with Crippen molar-refractivity contribution in [3.63, 3.8) is 0 Å². The Morgan fingerprint density at radius 2 is 1.93 bits per heavy atom. The van der Waals surface area contributed by atoms with Crippen LogP contribution < -0.4 is 10.1 Å². The molecule has 0 radical (unpaired) electrons. The number of fused-ring (bicyclic) bond motifs is 9. The van der Waals surface area contributed by atoms with Gasteiger partial charge in [0.15, 0.2) is 5.89 Å². The number of carbonyl (C=O) groups excluding carboxylic acids is 2. The summed E-state index contributed by atoms with van der Waals surface area (Å²) in [5.74, 6) is 1.68. The van der Waals surface area contributed by atoms with Crippen molar-refractivity contribution in [3.05, 3.63) is 77.5 Å². The molecule has 6 rings (SSSR count). The van der Waals surface area contributed by atoms with Gasteiger partial charge in [-0.2, -0.15) is 0 Å². The van der Waals surface area contributed by atoms with E-state index in [1.165, 1.54) is 4.90 Å². The van der Waals surface area contributed by atoms with Crippen molar-refractivity contribution in [2.75, 3.05) is 32.8 Å². The number of aryl methyl sites for hydroxylation is 2. The number of hydrogen-bond acceptors (Lipinski definition) is 8. The molecule has 2 amide bonds. The first-order valence-corrected chi connectivity index (χ1v) is 14.2. The minimum Gasteiger partial charge on any atom is -0.457 e. The largest absolute Gasteiger partial charge is 0.457 e. The van der Waals surface area contributed by atoms with Crippen LogP contribution in [0.5, 0.6) is 11.5 Å². The number of aromatic nitrogens is 1. The van der Waals surface area contributed by atoms with Gasteiger partial charge in [0, 0.05) is 46.1 Å². The lowest BCUT2D eigenvalue weighted by Gasteiger charge is -2.38. The molecule has 1 fully saturated rings. The average molecular weight is 563 g/mol. The van der Waals surface area contributed by atoms with E-state index in [-0.39, 0.29) is 43.5 Å². The number of amides is 2. The zero-order valence-electron chi connectivity index (χ0n) is 23.5. The molecule has 2 atom stereocenters. The van der Waals surface area contributed by atoms with Crippen LogP contribution in [0.4, 0.5) is 0 Å². The summed E-state index contributed by atoms with van der Waals surface area (Å²) >= 11 is 0. The standard InChI is InChI=1S/C31H38N4O6/c1-22-32-25(21-39-22)17-34-14-12-29-28(18-34)33-30(37)19-35(13-3-15-36)31(38)11-8-23-6-9-26(10-7-23)41-27-5-2-4-24(16-27)20-40-29/h2,4-7,9-10,16,21,28-29,36H,3,8,11-15,17-20H2,1H3,(H,33,37)/t28-,29-/m0/s1. The number of rotatable bonds is 5. The highest BCUT2D eigenvalue weighted by Crippen LogP contribution is 2.25. The highest BCUT2D eigenvalue weighted by atomic mass is 16.5.